The van der Waals surface area contributed by atoms with Gasteiger partial charge < -0.3 is 10.9 Å². The highest BCUT2D eigenvalue weighted by Crippen LogP contribution is 2.32. The first-order chi connectivity index (χ1) is 7.60. The van der Waals surface area contributed by atoms with Gasteiger partial charge in [0.15, 0.2) is 5.84 Å². The summed E-state index contributed by atoms with van der Waals surface area (Å²) in [5, 5.41) is 12.3. The van der Waals surface area contributed by atoms with Crippen molar-refractivity contribution in [1.82, 2.24) is 0 Å². The Kier molecular flexibility index (Phi) is 5.15. The monoisotopic (exact) mass is 302 g/mol. The molecule has 1 aromatic rings. The predicted molar refractivity (Wildman–Crippen MR) is 72.3 cm³/mol. The molecular weight excluding hydrogens is 288 g/mol. The van der Waals surface area contributed by atoms with E-state index < -0.39 is 0 Å². The van der Waals surface area contributed by atoms with Gasteiger partial charge >= 0.3 is 0 Å². The maximum absolute atomic E-state index is 8.76. The Morgan fingerprint density at radius 2 is 2.31 bits per heavy atom. The van der Waals surface area contributed by atoms with Gasteiger partial charge in [-0.15, -0.1) is 11.8 Å². The average Bonchev–Trinajstić information content (AvgIpc) is 2.28. The summed E-state index contributed by atoms with van der Waals surface area (Å²) in [6, 6.07) is 5.81. The van der Waals surface area contributed by atoms with Crippen molar-refractivity contribution in [3.63, 3.8) is 0 Å². The van der Waals surface area contributed by atoms with Crippen LogP contribution in [0, 0.1) is 0 Å². The SMILES string of the molecule is CCC(C)Sc1cccc(Br)c1/C(N)=N/O. The summed E-state index contributed by atoms with van der Waals surface area (Å²) in [5.41, 5.74) is 6.43. The number of nitrogens with two attached hydrogens (primary N) is 1. The van der Waals surface area contributed by atoms with Crippen LogP contribution in [0.2, 0.25) is 0 Å². The first kappa shape index (κ1) is 13.4. The largest absolute Gasteiger partial charge is 0.409 e. The Hall–Kier alpha value is -0.680. The van der Waals surface area contributed by atoms with Crippen molar-refractivity contribution in [3.05, 3.63) is 28.2 Å². The van der Waals surface area contributed by atoms with Crippen LogP contribution in [0.15, 0.2) is 32.7 Å². The molecule has 3 N–H and O–H groups in total. The lowest BCUT2D eigenvalue weighted by molar-refractivity contribution is 0.318. The van der Waals surface area contributed by atoms with Crippen LogP contribution in [0.5, 0.6) is 0 Å². The van der Waals surface area contributed by atoms with Crippen molar-refractivity contribution < 1.29 is 5.21 Å². The average molecular weight is 303 g/mol. The van der Waals surface area contributed by atoms with Crippen LogP contribution in [-0.2, 0) is 0 Å². The number of rotatable bonds is 4. The highest BCUT2D eigenvalue weighted by Gasteiger charge is 2.13. The summed E-state index contributed by atoms with van der Waals surface area (Å²) in [6.07, 6.45) is 1.08. The molecule has 1 unspecified atom stereocenters. The molecule has 0 amide bonds. The first-order valence-electron chi connectivity index (χ1n) is 5.03. The molecule has 0 saturated heterocycles. The standard InChI is InChI=1S/C11H15BrN2OS/c1-3-7(2)16-9-6-4-5-8(12)10(9)11(13)14-15/h4-7,15H,3H2,1-2H3,(H2,13,14). The number of halogens is 1. The smallest absolute Gasteiger partial charge is 0.172 e. The number of nitrogens with zero attached hydrogens (tertiary/aromatic N) is 1. The van der Waals surface area contributed by atoms with Gasteiger partial charge in [0.05, 0.1) is 0 Å². The summed E-state index contributed by atoms with van der Waals surface area (Å²) < 4.78 is 0.844. The minimum atomic E-state index is 0.137. The lowest BCUT2D eigenvalue weighted by Gasteiger charge is -2.13. The van der Waals surface area contributed by atoms with Gasteiger partial charge in [0.25, 0.3) is 0 Å². The van der Waals surface area contributed by atoms with Crippen LogP contribution in [-0.4, -0.2) is 16.3 Å². The van der Waals surface area contributed by atoms with E-state index in [1.54, 1.807) is 11.8 Å². The lowest BCUT2D eigenvalue weighted by atomic mass is 10.2. The fourth-order valence-corrected chi connectivity index (χ4v) is 2.99. The van der Waals surface area contributed by atoms with Crippen LogP contribution in [0.4, 0.5) is 0 Å². The van der Waals surface area contributed by atoms with Gasteiger partial charge in [-0.3, -0.25) is 0 Å². The molecule has 0 aliphatic rings. The van der Waals surface area contributed by atoms with E-state index in [0.717, 1.165) is 21.4 Å². The van der Waals surface area contributed by atoms with Crippen molar-refractivity contribution >= 4 is 33.5 Å². The predicted octanol–water partition coefficient (Wildman–Crippen LogP) is 3.43. The maximum atomic E-state index is 8.76. The van der Waals surface area contributed by atoms with Crippen molar-refractivity contribution in [2.45, 2.75) is 30.4 Å². The van der Waals surface area contributed by atoms with E-state index in [1.165, 1.54) is 0 Å². The molecule has 0 spiro atoms. The van der Waals surface area contributed by atoms with Crippen molar-refractivity contribution in [3.8, 4) is 0 Å². The van der Waals surface area contributed by atoms with E-state index in [1.807, 2.05) is 18.2 Å². The highest BCUT2D eigenvalue weighted by atomic mass is 79.9. The first-order valence-corrected chi connectivity index (χ1v) is 6.70. The molecule has 1 atom stereocenters. The van der Waals surface area contributed by atoms with Crippen molar-refractivity contribution in [1.29, 1.82) is 0 Å². The number of hydrogen-bond acceptors (Lipinski definition) is 3. The minimum Gasteiger partial charge on any atom is -0.409 e. The van der Waals surface area contributed by atoms with Gasteiger partial charge in [-0.25, -0.2) is 0 Å². The van der Waals surface area contributed by atoms with Crippen LogP contribution in [0.3, 0.4) is 0 Å². The summed E-state index contributed by atoms with van der Waals surface area (Å²) in [4.78, 5) is 1.03. The third-order valence-electron chi connectivity index (χ3n) is 2.24. The third kappa shape index (κ3) is 3.15. The summed E-state index contributed by atoms with van der Waals surface area (Å²) in [6.45, 7) is 4.29. The summed E-state index contributed by atoms with van der Waals surface area (Å²) >= 11 is 5.14. The fraction of sp³-hybridized carbons (Fsp3) is 0.364. The molecular formula is C11H15BrN2OS. The van der Waals surface area contributed by atoms with Crippen LogP contribution in [0.1, 0.15) is 25.8 Å². The van der Waals surface area contributed by atoms with Gasteiger partial charge in [0.2, 0.25) is 0 Å². The molecule has 0 aromatic heterocycles. The molecule has 0 radical (unpaired) electrons. The quantitative estimate of drug-likeness (QED) is 0.294. The highest BCUT2D eigenvalue weighted by molar-refractivity contribution is 9.10. The molecule has 16 heavy (non-hydrogen) atoms. The summed E-state index contributed by atoms with van der Waals surface area (Å²) in [5.74, 6) is 0.137. The molecule has 1 aromatic carbocycles. The fourth-order valence-electron chi connectivity index (χ4n) is 1.20. The van der Waals surface area contributed by atoms with E-state index in [0.29, 0.717) is 5.25 Å². The molecule has 0 heterocycles. The van der Waals surface area contributed by atoms with E-state index >= 15 is 0 Å². The second-order valence-corrected chi connectivity index (χ2v) is 5.77. The number of hydrogen-bond donors (Lipinski definition) is 2. The molecule has 0 aliphatic carbocycles. The molecule has 88 valence electrons. The third-order valence-corrected chi connectivity index (χ3v) is 4.23. The van der Waals surface area contributed by atoms with Gasteiger partial charge in [0, 0.05) is 20.2 Å². The zero-order valence-corrected chi connectivity index (χ0v) is 11.7. The number of oxime groups is 1. The molecule has 5 heteroatoms. The van der Waals surface area contributed by atoms with E-state index in [4.69, 9.17) is 10.9 Å². The maximum Gasteiger partial charge on any atom is 0.172 e. The normalized spacial score (nSPS) is 13.8. The zero-order chi connectivity index (χ0) is 12.1. The Labute approximate surface area is 108 Å². The molecule has 0 aliphatic heterocycles. The zero-order valence-electron chi connectivity index (χ0n) is 9.27. The Balaban J connectivity index is 3.13. The molecule has 3 nitrogen and oxygen atoms in total. The van der Waals surface area contributed by atoms with Crippen LogP contribution >= 0.6 is 27.7 Å². The van der Waals surface area contributed by atoms with Gasteiger partial charge in [-0.1, -0.05) is 25.1 Å². The van der Waals surface area contributed by atoms with Gasteiger partial charge in [-0.2, -0.15) is 0 Å². The molecule has 0 saturated carbocycles. The van der Waals surface area contributed by atoms with E-state index in [2.05, 4.69) is 34.9 Å². The lowest BCUT2D eigenvalue weighted by Crippen LogP contribution is -2.15. The Morgan fingerprint density at radius 3 is 2.88 bits per heavy atom. The molecule has 1 rings (SSSR count). The molecule has 0 fully saturated rings. The minimum absolute atomic E-state index is 0.137. The van der Waals surface area contributed by atoms with Crippen molar-refractivity contribution in [2.75, 3.05) is 0 Å². The van der Waals surface area contributed by atoms with Gasteiger partial charge in [0.1, 0.15) is 0 Å². The topological polar surface area (TPSA) is 58.6 Å². The van der Waals surface area contributed by atoms with E-state index in [-0.39, 0.29) is 5.84 Å². The number of benzene rings is 1. The summed E-state index contributed by atoms with van der Waals surface area (Å²) in [7, 11) is 0. The Bertz CT molecular complexity index is 396. The van der Waals surface area contributed by atoms with Crippen molar-refractivity contribution in [2.24, 2.45) is 10.9 Å². The number of thioether (sulfide) groups is 1. The number of amidine groups is 1. The van der Waals surface area contributed by atoms with E-state index in [9.17, 15) is 0 Å². The second kappa shape index (κ2) is 6.15. The van der Waals surface area contributed by atoms with Crippen LogP contribution in [0.25, 0.3) is 0 Å². The van der Waals surface area contributed by atoms with Gasteiger partial charge in [-0.05, 0) is 34.5 Å². The second-order valence-electron chi connectivity index (χ2n) is 3.43. The molecule has 0 bridgehead atoms. The Morgan fingerprint density at radius 1 is 1.62 bits per heavy atom. The van der Waals surface area contributed by atoms with Crippen LogP contribution < -0.4 is 5.73 Å².